The van der Waals surface area contributed by atoms with Crippen LogP contribution < -0.4 is 5.32 Å². The molecule has 4 atom stereocenters. The number of rotatable bonds is 4. The largest absolute Gasteiger partial charge is 0.337 e. The Kier molecular flexibility index (Phi) is 5.14. The molecule has 2 unspecified atom stereocenters. The monoisotopic (exact) mass is 433 g/mol. The Labute approximate surface area is 179 Å². The second kappa shape index (κ2) is 7.65. The quantitative estimate of drug-likeness (QED) is 0.789. The molecular formula is C20H27N5O2S2. The molecular weight excluding hydrogens is 406 g/mol. The van der Waals surface area contributed by atoms with Gasteiger partial charge in [-0.3, -0.25) is 14.6 Å². The predicted molar refractivity (Wildman–Crippen MR) is 114 cm³/mol. The van der Waals surface area contributed by atoms with E-state index in [0.29, 0.717) is 17.7 Å². The van der Waals surface area contributed by atoms with Gasteiger partial charge in [0.05, 0.1) is 10.8 Å². The lowest BCUT2D eigenvalue weighted by atomic mass is 9.87. The van der Waals surface area contributed by atoms with Gasteiger partial charge in [-0.15, -0.1) is 5.10 Å². The first kappa shape index (κ1) is 19.5. The maximum absolute atomic E-state index is 12.8. The molecule has 2 aliphatic carbocycles. The van der Waals surface area contributed by atoms with E-state index in [0.717, 1.165) is 49.4 Å². The van der Waals surface area contributed by atoms with Crippen molar-refractivity contribution in [2.24, 2.45) is 22.7 Å². The van der Waals surface area contributed by atoms with Crippen LogP contribution in [-0.4, -0.2) is 55.3 Å². The summed E-state index contributed by atoms with van der Waals surface area (Å²) in [4.78, 5) is 32.0. The lowest BCUT2D eigenvalue weighted by Crippen LogP contribution is -2.42. The van der Waals surface area contributed by atoms with Gasteiger partial charge in [-0.2, -0.15) is 0 Å². The second-order valence-electron chi connectivity index (χ2n) is 9.19. The van der Waals surface area contributed by atoms with Gasteiger partial charge in [0.15, 0.2) is 10.9 Å². The van der Waals surface area contributed by atoms with Gasteiger partial charge in [-0.1, -0.05) is 22.7 Å². The van der Waals surface area contributed by atoms with E-state index in [4.69, 9.17) is 4.99 Å². The summed E-state index contributed by atoms with van der Waals surface area (Å²) < 4.78 is 3.33. The number of aromatic nitrogens is 2. The summed E-state index contributed by atoms with van der Waals surface area (Å²) >= 11 is 2.83. The number of carbonyl (C=O) groups is 2. The third kappa shape index (κ3) is 3.83. The number of piperidine rings is 1. The minimum atomic E-state index is -0.452. The summed E-state index contributed by atoms with van der Waals surface area (Å²) in [6.07, 6.45) is 7.87. The van der Waals surface area contributed by atoms with Gasteiger partial charge in [0.2, 0.25) is 5.91 Å². The van der Waals surface area contributed by atoms with E-state index in [1.54, 1.807) is 17.1 Å². The minimum absolute atomic E-state index is 0.0309. The molecule has 2 bridgehead atoms. The molecule has 2 saturated carbocycles. The van der Waals surface area contributed by atoms with Gasteiger partial charge >= 0.3 is 0 Å². The molecule has 7 nitrogen and oxygen atoms in total. The molecule has 2 aliphatic heterocycles. The number of hydrogen-bond donors (Lipinski definition) is 1. The number of nitrogens with zero attached hydrogens (tertiary/aromatic N) is 4. The molecule has 1 aromatic rings. The molecule has 2 saturated heterocycles. The molecule has 9 heteroatoms. The van der Waals surface area contributed by atoms with Crippen LogP contribution in [0.4, 0.5) is 0 Å². The van der Waals surface area contributed by atoms with E-state index in [1.807, 2.05) is 4.90 Å². The van der Waals surface area contributed by atoms with Crippen LogP contribution in [0, 0.1) is 17.8 Å². The van der Waals surface area contributed by atoms with Crippen molar-refractivity contribution in [2.75, 3.05) is 13.1 Å². The molecule has 4 aliphatic rings. The summed E-state index contributed by atoms with van der Waals surface area (Å²) in [6.45, 7) is 3.49. The van der Waals surface area contributed by atoms with Crippen LogP contribution >= 0.6 is 23.3 Å². The highest BCUT2D eigenvalue weighted by Gasteiger charge is 2.46. The Hall–Kier alpha value is -1.48. The standard InChI is InChI=1S/C20H27N5O2S2/c1-20(10-12-4-6-25(7-5-12)17(26)16-11-28-24-23-16)18(27)22-19(29-20)21-15-9-13-2-3-14(15)8-13/h11-15H,2-10H2,1H3,(H,21,22,27)/t13-,14?,15+,20?/m1/s1. The van der Waals surface area contributed by atoms with Gasteiger partial charge < -0.3 is 10.2 Å². The second-order valence-corrected chi connectivity index (χ2v) is 11.3. The van der Waals surface area contributed by atoms with Crippen molar-refractivity contribution in [3.05, 3.63) is 11.1 Å². The number of nitrogens with one attached hydrogen (secondary N) is 1. The zero-order valence-electron chi connectivity index (χ0n) is 16.7. The van der Waals surface area contributed by atoms with Gasteiger partial charge in [0, 0.05) is 18.5 Å². The first-order valence-corrected chi connectivity index (χ1v) is 12.3. The van der Waals surface area contributed by atoms with Gasteiger partial charge in [0.1, 0.15) is 0 Å². The Morgan fingerprint density at radius 3 is 2.79 bits per heavy atom. The molecule has 0 spiro atoms. The number of fused-ring (bicyclic) bond motifs is 2. The molecule has 29 heavy (non-hydrogen) atoms. The summed E-state index contributed by atoms with van der Waals surface area (Å²) in [6, 6.07) is 0.411. The van der Waals surface area contributed by atoms with Crippen molar-refractivity contribution in [2.45, 2.75) is 62.7 Å². The van der Waals surface area contributed by atoms with Crippen LogP contribution in [-0.2, 0) is 4.79 Å². The van der Waals surface area contributed by atoms with E-state index in [1.165, 1.54) is 37.2 Å². The molecule has 0 radical (unpaired) electrons. The maximum atomic E-state index is 12.8. The van der Waals surface area contributed by atoms with Crippen molar-refractivity contribution in [3.8, 4) is 0 Å². The highest BCUT2D eigenvalue weighted by Crippen LogP contribution is 2.47. The normalized spacial score (nSPS) is 36.2. The SMILES string of the molecule is CC1(CC2CCN(C(=O)c3csnn3)CC2)SC(=N[C@H]2C[C@@H]3CCC2C3)NC1=O. The zero-order valence-corrected chi connectivity index (χ0v) is 18.3. The Balaban J connectivity index is 1.16. The molecule has 5 rings (SSSR count). The highest BCUT2D eigenvalue weighted by atomic mass is 32.2. The van der Waals surface area contributed by atoms with Crippen molar-refractivity contribution < 1.29 is 9.59 Å². The smallest absolute Gasteiger partial charge is 0.275 e. The van der Waals surface area contributed by atoms with E-state index in [9.17, 15) is 9.59 Å². The molecule has 1 N–H and O–H groups in total. The fraction of sp³-hybridized carbons (Fsp3) is 0.750. The summed E-state index contributed by atoms with van der Waals surface area (Å²) in [5.41, 5.74) is 0.438. The van der Waals surface area contributed by atoms with E-state index in [2.05, 4.69) is 21.8 Å². The lowest BCUT2D eigenvalue weighted by molar-refractivity contribution is -0.121. The third-order valence-corrected chi connectivity index (χ3v) is 8.87. The third-order valence-electron chi connectivity index (χ3n) is 7.17. The minimum Gasteiger partial charge on any atom is -0.337 e. The average molecular weight is 434 g/mol. The van der Waals surface area contributed by atoms with Crippen molar-refractivity contribution in [1.29, 1.82) is 0 Å². The number of hydrogen-bond acceptors (Lipinski definition) is 7. The van der Waals surface area contributed by atoms with E-state index in [-0.39, 0.29) is 11.8 Å². The summed E-state index contributed by atoms with van der Waals surface area (Å²) in [7, 11) is 0. The zero-order chi connectivity index (χ0) is 20.0. The number of amides is 2. The lowest BCUT2D eigenvalue weighted by Gasteiger charge is -2.34. The van der Waals surface area contributed by atoms with Crippen molar-refractivity contribution in [3.63, 3.8) is 0 Å². The molecule has 1 aromatic heterocycles. The van der Waals surface area contributed by atoms with Gasteiger partial charge in [-0.05, 0) is 74.7 Å². The molecule has 4 fully saturated rings. The van der Waals surface area contributed by atoms with Crippen LogP contribution in [0.1, 0.15) is 62.4 Å². The number of thioether (sulfide) groups is 1. The van der Waals surface area contributed by atoms with Gasteiger partial charge in [0.25, 0.3) is 5.91 Å². The van der Waals surface area contributed by atoms with E-state index >= 15 is 0 Å². The fourth-order valence-corrected chi connectivity index (χ4v) is 7.19. The topological polar surface area (TPSA) is 87.6 Å². The number of likely N-dealkylation sites (tertiary alicyclic amines) is 1. The van der Waals surface area contributed by atoms with Crippen LogP contribution in [0.25, 0.3) is 0 Å². The molecule has 2 amide bonds. The first-order chi connectivity index (χ1) is 14.0. The van der Waals surface area contributed by atoms with Crippen molar-refractivity contribution >= 4 is 40.3 Å². The number of amidine groups is 1. The van der Waals surface area contributed by atoms with Crippen LogP contribution in [0.2, 0.25) is 0 Å². The molecule has 3 heterocycles. The van der Waals surface area contributed by atoms with Gasteiger partial charge in [-0.25, -0.2) is 0 Å². The summed E-state index contributed by atoms with van der Waals surface area (Å²) in [5.74, 6) is 2.09. The maximum Gasteiger partial charge on any atom is 0.275 e. The number of carbonyl (C=O) groups excluding carboxylic acids is 2. The highest BCUT2D eigenvalue weighted by molar-refractivity contribution is 8.16. The molecule has 0 aromatic carbocycles. The first-order valence-electron chi connectivity index (χ1n) is 10.6. The Bertz CT molecular complexity index is 821. The van der Waals surface area contributed by atoms with Crippen LogP contribution in [0.15, 0.2) is 10.4 Å². The number of aliphatic imine (C=N–C) groups is 1. The van der Waals surface area contributed by atoms with E-state index < -0.39 is 4.75 Å². The Morgan fingerprint density at radius 2 is 2.14 bits per heavy atom. The summed E-state index contributed by atoms with van der Waals surface area (Å²) in [5, 5.41) is 9.48. The van der Waals surface area contributed by atoms with Crippen molar-refractivity contribution in [1.82, 2.24) is 19.8 Å². The molecule has 156 valence electrons. The fourth-order valence-electron chi connectivity index (χ4n) is 5.54. The van der Waals surface area contributed by atoms with Crippen LogP contribution in [0.3, 0.4) is 0 Å². The predicted octanol–water partition coefficient (Wildman–Crippen LogP) is 2.95. The average Bonchev–Trinajstić information content (AvgIpc) is 3.48. The van der Waals surface area contributed by atoms with Crippen LogP contribution in [0.5, 0.6) is 0 Å². The Morgan fingerprint density at radius 1 is 1.31 bits per heavy atom.